The molecular weight excluding hydrogens is 706 g/mol. The SMILES string of the molecule is C[C@@H](CC(=O)N[C@H]1CCCCN(O)C1=O)OC(=O)[C@H](CCCCN(O)C(=O)/C=C\CCCCCCCC(=O)O)NC(=O)[C@@H]1COC(c2ccccc2O)=N1. The van der Waals surface area contributed by atoms with Crippen LogP contribution in [0.4, 0.5) is 0 Å². The number of hydroxylamine groups is 4. The zero-order valence-corrected chi connectivity index (χ0v) is 30.7. The number of hydrogen-bond donors (Lipinski definition) is 6. The monoisotopic (exact) mass is 759 g/mol. The zero-order valence-electron chi connectivity index (χ0n) is 30.7. The van der Waals surface area contributed by atoms with Crippen molar-refractivity contribution in [1.29, 1.82) is 0 Å². The zero-order chi connectivity index (χ0) is 39.5. The summed E-state index contributed by atoms with van der Waals surface area (Å²) in [6, 6.07) is 3.21. The molecule has 3 rings (SSSR count). The van der Waals surface area contributed by atoms with Crippen LogP contribution in [0.2, 0.25) is 0 Å². The molecule has 6 N–H and O–H groups in total. The number of benzene rings is 1. The summed E-state index contributed by atoms with van der Waals surface area (Å²) in [5, 5.41) is 45.3. The van der Waals surface area contributed by atoms with Gasteiger partial charge in [0.25, 0.3) is 11.8 Å². The molecule has 1 fully saturated rings. The molecule has 0 aliphatic carbocycles. The van der Waals surface area contributed by atoms with Crippen molar-refractivity contribution in [2.75, 3.05) is 19.7 Å². The Morgan fingerprint density at radius 3 is 2.57 bits per heavy atom. The molecule has 0 aromatic heterocycles. The summed E-state index contributed by atoms with van der Waals surface area (Å²) in [7, 11) is 0. The Bertz CT molecular complexity index is 1500. The number of nitrogens with zero attached hydrogens (tertiary/aromatic N) is 3. The van der Waals surface area contributed by atoms with Crippen LogP contribution in [0.3, 0.4) is 0 Å². The number of esters is 1. The molecule has 54 heavy (non-hydrogen) atoms. The lowest BCUT2D eigenvalue weighted by molar-refractivity contribution is -0.167. The summed E-state index contributed by atoms with van der Waals surface area (Å²) in [4.78, 5) is 78.8. The first-order valence-electron chi connectivity index (χ1n) is 18.5. The smallest absolute Gasteiger partial charge is 0.328 e. The van der Waals surface area contributed by atoms with Gasteiger partial charge >= 0.3 is 11.9 Å². The van der Waals surface area contributed by atoms with Crippen LogP contribution >= 0.6 is 0 Å². The van der Waals surface area contributed by atoms with Gasteiger partial charge in [0.2, 0.25) is 17.7 Å². The molecule has 0 unspecified atom stereocenters. The number of phenols is 1. The Hall–Kier alpha value is -5.03. The summed E-state index contributed by atoms with van der Waals surface area (Å²) in [6.45, 7) is 1.48. The Labute approximate surface area is 314 Å². The van der Waals surface area contributed by atoms with Gasteiger partial charge in [0.15, 0.2) is 6.04 Å². The molecule has 17 heteroatoms. The fourth-order valence-electron chi connectivity index (χ4n) is 5.88. The number of para-hydroxylation sites is 1. The van der Waals surface area contributed by atoms with Crippen LogP contribution in [0, 0.1) is 0 Å². The Morgan fingerprint density at radius 1 is 1.07 bits per heavy atom. The van der Waals surface area contributed by atoms with Crippen LogP contribution in [0.5, 0.6) is 5.75 Å². The molecule has 1 aromatic rings. The van der Waals surface area contributed by atoms with E-state index in [-0.39, 0.29) is 63.4 Å². The maximum absolute atomic E-state index is 13.3. The van der Waals surface area contributed by atoms with Crippen molar-refractivity contribution in [3.8, 4) is 5.75 Å². The van der Waals surface area contributed by atoms with E-state index in [1.54, 1.807) is 24.3 Å². The number of ether oxygens (including phenoxy) is 2. The number of carbonyl (C=O) groups is 6. The van der Waals surface area contributed by atoms with Gasteiger partial charge in [0.05, 0.1) is 12.0 Å². The minimum absolute atomic E-state index is 0.0467. The fourth-order valence-corrected chi connectivity index (χ4v) is 5.88. The minimum atomic E-state index is -1.19. The number of aromatic hydroxyl groups is 1. The quantitative estimate of drug-likeness (QED) is 0.0329. The third kappa shape index (κ3) is 15.1. The standard InChI is InChI=1S/C37H53N5O12/c1-25(23-31(44)38-27-16-11-14-22-42(52)36(27)49)54-37(50)28(39-34(48)29-24-53-35(40-29)26-15-9-10-18-30(26)43)17-12-13-21-41(51)32(45)19-7-5-3-2-4-6-8-20-33(46)47/h7,9-10,15,18-19,25,27-29,43,51-52H,2-6,8,11-14,16-17,20-24H2,1H3,(H,38,44)(H,39,48)(H,46,47)/b19-7-/t25-,27-,28-,29-/m0/s1. The lowest BCUT2D eigenvalue weighted by Gasteiger charge is -2.23. The van der Waals surface area contributed by atoms with Gasteiger partial charge in [-0.2, -0.15) is 0 Å². The largest absolute Gasteiger partial charge is 0.507 e. The van der Waals surface area contributed by atoms with Gasteiger partial charge in [-0.05, 0) is 76.8 Å². The first kappa shape index (κ1) is 43.4. The van der Waals surface area contributed by atoms with Gasteiger partial charge in [-0.15, -0.1) is 0 Å². The van der Waals surface area contributed by atoms with Crippen LogP contribution in [0.25, 0.3) is 0 Å². The van der Waals surface area contributed by atoms with E-state index in [0.717, 1.165) is 25.7 Å². The molecule has 2 aliphatic heterocycles. The number of unbranched alkanes of at least 4 members (excludes halogenated alkanes) is 6. The highest BCUT2D eigenvalue weighted by molar-refractivity contribution is 6.00. The van der Waals surface area contributed by atoms with Gasteiger partial charge in [0, 0.05) is 25.6 Å². The molecular formula is C37H53N5O12. The summed E-state index contributed by atoms with van der Waals surface area (Å²) in [5.41, 5.74) is 0.302. The maximum atomic E-state index is 13.3. The van der Waals surface area contributed by atoms with Crippen LogP contribution in [-0.4, -0.2) is 116 Å². The van der Waals surface area contributed by atoms with Gasteiger partial charge < -0.3 is 30.3 Å². The average molecular weight is 760 g/mol. The molecule has 298 valence electrons. The van der Waals surface area contributed by atoms with Gasteiger partial charge in [-0.3, -0.25) is 34.4 Å². The number of carboxylic acids is 1. The van der Waals surface area contributed by atoms with Gasteiger partial charge in [-0.25, -0.2) is 19.9 Å². The Morgan fingerprint density at radius 2 is 1.81 bits per heavy atom. The Balaban J connectivity index is 1.52. The highest BCUT2D eigenvalue weighted by atomic mass is 16.5. The summed E-state index contributed by atoms with van der Waals surface area (Å²) >= 11 is 0. The average Bonchev–Trinajstić information content (AvgIpc) is 3.57. The number of aliphatic carboxylic acids is 1. The van der Waals surface area contributed by atoms with Crippen LogP contribution in [0.15, 0.2) is 41.4 Å². The van der Waals surface area contributed by atoms with E-state index in [1.807, 2.05) is 0 Å². The first-order chi connectivity index (χ1) is 25.8. The van der Waals surface area contributed by atoms with E-state index in [4.69, 9.17) is 14.6 Å². The number of hydrogen-bond acceptors (Lipinski definition) is 12. The number of phenolic OH excluding ortho intramolecular Hbond substituents is 1. The number of carboxylic acid groups (broad SMARTS) is 1. The molecule has 4 atom stereocenters. The molecule has 0 saturated carbocycles. The summed E-state index contributed by atoms with van der Waals surface area (Å²) in [5.74, 6) is -4.08. The lowest BCUT2D eigenvalue weighted by Crippen LogP contribution is -2.48. The van der Waals surface area contributed by atoms with Crippen LogP contribution < -0.4 is 10.6 Å². The van der Waals surface area contributed by atoms with Crippen molar-refractivity contribution in [2.24, 2.45) is 4.99 Å². The predicted molar refractivity (Wildman–Crippen MR) is 192 cm³/mol. The van der Waals surface area contributed by atoms with E-state index in [9.17, 15) is 44.3 Å². The lowest BCUT2D eigenvalue weighted by atomic mass is 10.1. The van der Waals surface area contributed by atoms with Crippen molar-refractivity contribution in [3.63, 3.8) is 0 Å². The predicted octanol–water partition coefficient (Wildman–Crippen LogP) is 2.99. The third-order valence-corrected chi connectivity index (χ3v) is 8.87. The molecule has 0 radical (unpaired) electrons. The second-order valence-electron chi connectivity index (χ2n) is 13.4. The molecule has 2 aliphatic rings. The topological polar surface area (TPSA) is 245 Å². The third-order valence-electron chi connectivity index (χ3n) is 8.87. The first-order valence-corrected chi connectivity index (χ1v) is 18.5. The van der Waals surface area contributed by atoms with Crippen molar-refractivity contribution in [2.45, 2.75) is 121 Å². The van der Waals surface area contributed by atoms with E-state index in [2.05, 4.69) is 15.6 Å². The number of carbonyl (C=O) groups excluding carboxylic acids is 5. The molecule has 17 nitrogen and oxygen atoms in total. The second kappa shape index (κ2) is 22.9. The van der Waals surface area contributed by atoms with Crippen molar-refractivity contribution in [3.05, 3.63) is 42.0 Å². The van der Waals surface area contributed by atoms with E-state index < -0.39 is 59.8 Å². The van der Waals surface area contributed by atoms with Crippen molar-refractivity contribution in [1.82, 2.24) is 20.8 Å². The molecule has 2 heterocycles. The summed E-state index contributed by atoms with van der Waals surface area (Å²) in [6.07, 6.45) is 8.77. The second-order valence-corrected chi connectivity index (χ2v) is 13.4. The van der Waals surface area contributed by atoms with Gasteiger partial charge in [0.1, 0.15) is 30.5 Å². The van der Waals surface area contributed by atoms with Crippen LogP contribution in [0.1, 0.15) is 102 Å². The molecule has 1 saturated heterocycles. The fraction of sp³-hybridized carbons (Fsp3) is 0.595. The number of amides is 4. The van der Waals surface area contributed by atoms with E-state index in [0.29, 0.717) is 47.8 Å². The highest BCUT2D eigenvalue weighted by Crippen LogP contribution is 2.21. The molecule has 4 amide bonds. The normalized spacial score (nSPS) is 18.2. The molecule has 1 aromatic carbocycles. The van der Waals surface area contributed by atoms with Crippen LogP contribution in [-0.2, 0) is 38.2 Å². The molecule has 0 bridgehead atoms. The summed E-state index contributed by atoms with van der Waals surface area (Å²) < 4.78 is 11.1. The molecule has 0 spiro atoms. The number of aliphatic imine (C=N–C) groups is 1. The van der Waals surface area contributed by atoms with E-state index in [1.165, 1.54) is 19.1 Å². The van der Waals surface area contributed by atoms with Gasteiger partial charge in [-0.1, -0.05) is 37.5 Å². The van der Waals surface area contributed by atoms with E-state index >= 15 is 0 Å². The minimum Gasteiger partial charge on any atom is -0.507 e. The van der Waals surface area contributed by atoms with Crippen molar-refractivity contribution >= 4 is 41.5 Å². The number of nitrogens with one attached hydrogen (secondary N) is 2. The van der Waals surface area contributed by atoms with Crippen molar-refractivity contribution < 1.29 is 58.9 Å². The number of allylic oxidation sites excluding steroid dienone is 1. The maximum Gasteiger partial charge on any atom is 0.328 e. The number of rotatable bonds is 22. The Kier molecular flexibility index (Phi) is 18.4. The highest BCUT2D eigenvalue weighted by Gasteiger charge is 2.33.